The van der Waals surface area contributed by atoms with Crippen LogP contribution in [-0.4, -0.2) is 35.7 Å². The van der Waals surface area contributed by atoms with E-state index in [0.29, 0.717) is 17.9 Å². The molecule has 0 radical (unpaired) electrons. The molecular formula is C21H25NO5. The quantitative estimate of drug-likeness (QED) is 0.347. The lowest BCUT2D eigenvalue weighted by atomic mass is 10.1. The van der Waals surface area contributed by atoms with Crippen LogP contribution >= 0.6 is 0 Å². The summed E-state index contributed by atoms with van der Waals surface area (Å²) in [5, 5.41) is 0. The van der Waals surface area contributed by atoms with E-state index in [9.17, 15) is 14.4 Å². The van der Waals surface area contributed by atoms with Crippen LogP contribution in [0.25, 0.3) is 0 Å². The Balaban J connectivity index is 1.69. The number of esters is 1. The molecule has 27 heavy (non-hydrogen) atoms. The molecule has 0 aliphatic rings. The van der Waals surface area contributed by atoms with E-state index in [4.69, 9.17) is 9.47 Å². The standard InChI is InChI=1S/C21H25NO5/c1-2-3-4-14-26-17-9-7-16(8-10-17)19(23)11-12-21(25)27-15-20(24)18-6-5-13-22-18/h5-10,13,22H,2-4,11-12,14-15H2,1H3. The number of ketones is 2. The van der Waals surface area contributed by atoms with Crippen molar-refractivity contribution in [3.05, 3.63) is 53.9 Å². The Labute approximate surface area is 158 Å². The van der Waals surface area contributed by atoms with Gasteiger partial charge in [0.15, 0.2) is 12.4 Å². The third kappa shape index (κ3) is 7.09. The number of nitrogens with one attached hydrogen (secondary N) is 1. The smallest absolute Gasteiger partial charge is 0.306 e. The molecule has 1 heterocycles. The van der Waals surface area contributed by atoms with E-state index in [0.717, 1.165) is 25.0 Å². The summed E-state index contributed by atoms with van der Waals surface area (Å²) in [6.07, 6.45) is 4.86. The number of hydrogen-bond acceptors (Lipinski definition) is 5. The molecule has 2 aromatic rings. The first kappa shape index (κ1) is 20.4. The van der Waals surface area contributed by atoms with Gasteiger partial charge in [-0.15, -0.1) is 0 Å². The van der Waals surface area contributed by atoms with Crippen LogP contribution < -0.4 is 4.74 Å². The van der Waals surface area contributed by atoms with Crippen LogP contribution in [0.1, 0.15) is 59.9 Å². The van der Waals surface area contributed by atoms with Crippen molar-refractivity contribution in [2.45, 2.75) is 39.0 Å². The molecule has 6 heteroatoms. The van der Waals surface area contributed by atoms with Gasteiger partial charge in [0, 0.05) is 18.2 Å². The van der Waals surface area contributed by atoms with Gasteiger partial charge in [-0.25, -0.2) is 0 Å². The van der Waals surface area contributed by atoms with Crippen LogP contribution in [0.5, 0.6) is 5.75 Å². The second kappa shape index (κ2) is 11.0. The van der Waals surface area contributed by atoms with Crippen molar-refractivity contribution in [3.8, 4) is 5.75 Å². The van der Waals surface area contributed by atoms with Crippen LogP contribution in [0.4, 0.5) is 0 Å². The summed E-state index contributed by atoms with van der Waals surface area (Å²) < 4.78 is 10.5. The summed E-state index contributed by atoms with van der Waals surface area (Å²) in [5.41, 5.74) is 0.905. The number of benzene rings is 1. The highest BCUT2D eigenvalue weighted by Crippen LogP contribution is 2.15. The second-order valence-electron chi connectivity index (χ2n) is 6.17. The van der Waals surface area contributed by atoms with E-state index in [1.807, 2.05) is 0 Å². The highest BCUT2D eigenvalue weighted by atomic mass is 16.5. The third-order valence-electron chi connectivity index (χ3n) is 4.01. The van der Waals surface area contributed by atoms with Crippen LogP contribution in [-0.2, 0) is 9.53 Å². The zero-order chi connectivity index (χ0) is 19.5. The van der Waals surface area contributed by atoms with Gasteiger partial charge in [0.1, 0.15) is 5.75 Å². The molecule has 1 N–H and O–H groups in total. The lowest BCUT2D eigenvalue weighted by Crippen LogP contribution is -2.15. The van der Waals surface area contributed by atoms with E-state index >= 15 is 0 Å². The Morgan fingerprint density at radius 2 is 1.74 bits per heavy atom. The Morgan fingerprint density at radius 1 is 0.963 bits per heavy atom. The molecule has 0 aliphatic carbocycles. The molecule has 0 bridgehead atoms. The summed E-state index contributed by atoms with van der Waals surface area (Å²) in [6.45, 7) is 2.46. The predicted molar refractivity (Wildman–Crippen MR) is 101 cm³/mol. The van der Waals surface area contributed by atoms with Gasteiger partial charge in [-0.05, 0) is 42.8 Å². The van der Waals surface area contributed by atoms with Gasteiger partial charge in [-0.1, -0.05) is 19.8 Å². The predicted octanol–water partition coefficient (Wildman–Crippen LogP) is 3.97. The van der Waals surface area contributed by atoms with Crippen molar-refractivity contribution in [3.63, 3.8) is 0 Å². The Morgan fingerprint density at radius 3 is 2.41 bits per heavy atom. The zero-order valence-corrected chi connectivity index (χ0v) is 15.5. The normalized spacial score (nSPS) is 10.4. The number of carbonyl (C=O) groups excluding carboxylic acids is 3. The molecule has 0 saturated heterocycles. The first-order valence-electron chi connectivity index (χ1n) is 9.18. The van der Waals surface area contributed by atoms with E-state index in [1.165, 1.54) is 0 Å². The first-order valence-corrected chi connectivity index (χ1v) is 9.18. The van der Waals surface area contributed by atoms with Crippen LogP contribution in [0.2, 0.25) is 0 Å². The fourth-order valence-electron chi connectivity index (χ4n) is 2.44. The minimum atomic E-state index is -0.570. The minimum Gasteiger partial charge on any atom is -0.494 e. The number of unbranched alkanes of at least 4 members (excludes halogenated alkanes) is 2. The van der Waals surface area contributed by atoms with Crippen LogP contribution in [0.15, 0.2) is 42.6 Å². The monoisotopic (exact) mass is 371 g/mol. The maximum atomic E-state index is 12.2. The topological polar surface area (TPSA) is 85.5 Å². The number of hydrogen-bond donors (Lipinski definition) is 1. The summed E-state index contributed by atoms with van der Waals surface area (Å²) in [5.74, 6) is -0.307. The summed E-state index contributed by atoms with van der Waals surface area (Å²) in [6, 6.07) is 10.2. The van der Waals surface area contributed by atoms with Crippen LogP contribution in [0, 0.1) is 0 Å². The lowest BCUT2D eigenvalue weighted by Gasteiger charge is -2.07. The Bertz CT molecular complexity index is 734. The fourth-order valence-corrected chi connectivity index (χ4v) is 2.44. The van der Waals surface area contributed by atoms with E-state index in [-0.39, 0.29) is 31.0 Å². The van der Waals surface area contributed by atoms with Crippen molar-refractivity contribution in [1.29, 1.82) is 0 Å². The average Bonchev–Trinajstić information content (AvgIpc) is 3.23. The van der Waals surface area contributed by atoms with E-state index in [1.54, 1.807) is 42.6 Å². The molecule has 0 fully saturated rings. The van der Waals surface area contributed by atoms with Gasteiger partial charge < -0.3 is 14.5 Å². The number of rotatable bonds is 12. The van der Waals surface area contributed by atoms with Gasteiger partial charge in [0.05, 0.1) is 18.7 Å². The highest BCUT2D eigenvalue weighted by Gasteiger charge is 2.13. The lowest BCUT2D eigenvalue weighted by molar-refractivity contribution is -0.142. The van der Waals surface area contributed by atoms with Crippen molar-refractivity contribution < 1.29 is 23.9 Å². The highest BCUT2D eigenvalue weighted by molar-refractivity contribution is 5.98. The van der Waals surface area contributed by atoms with Gasteiger partial charge in [0.25, 0.3) is 0 Å². The largest absolute Gasteiger partial charge is 0.494 e. The Hall–Kier alpha value is -2.89. The number of H-pyrrole nitrogens is 1. The summed E-state index contributed by atoms with van der Waals surface area (Å²) >= 11 is 0. The average molecular weight is 371 g/mol. The third-order valence-corrected chi connectivity index (χ3v) is 4.01. The maximum absolute atomic E-state index is 12.2. The van der Waals surface area contributed by atoms with Gasteiger partial charge >= 0.3 is 5.97 Å². The number of ether oxygens (including phenoxy) is 2. The summed E-state index contributed by atoms with van der Waals surface area (Å²) in [4.78, 5) is 38.4. The van der Waals surface area contributed by atoms with E-state index < -0.39 is 5.97 Å². The molecule has 6 nitrogen and oxygen atoms in total. The van der Waals surface area contributed by atoms with Crippen molar-refractivity contribution in [1.82, 2.24) is 4.98 Å². The molecule has 2 rings (SSSR count). The van der Waals surface area contributed by atoms with Crippen molar-refractivity contribution in [2.75, 3.05) is 13.2 Å². The number of aromatic nitrogens is 1. The molecule has 0 atom stereocenters. The molecular weight excluding hydrogens is 346 g/mol. The minimum absolute atomic E-state index is 0.0340. The fraction of sp³-hybridized carbons (Fsp3) is 0.381. The van der Waals surface area contributed by atoms with Crippen molar-refractivity contribution >= 4 is 17.5 Å². The molecule has 0 amide bonds. The number of Topliss-reactive ketones (excluding diaryl/α,β-unsaturated/α-hetero) is 2. The molecule has 0 aliphatic heterocycles. The second-order valence-corrected chi connectivity index (χ2v) is 6.17. The molecule has 0 spiro atoms. The zero-order valence-electron chi connectivity index (χ0n) is 15.5. The van der Waals surface area contributed by atoms with Gasteiger partial charge in [-0.3, -0.25) is 14.4 Å². The van der Waals surface area contributed by atoms with Crippen molar-refractivity contribution in [2.24, 2.45) is 0 Å². The van der Waals surface area contributed by atoms with Gasteiger partial charge in [-0.2, -0.15) is 0 Å². The first-order chi connectivity index (χ1) is 13.1. The van der Waals surface area contributed by atoms with Gasteiger partial charge in [0.2, 0.25) is 5.78 Å². The molecule has 0 saturated carbocycles. The van der Waals surface area contributed by atoms with E-state index in [2.05, 4.69) is 11.9 Å². The molecule has 1 aromatic carbocycles. The molecule has 1 aromatic heterocycles. The summed E-state index contributed by atoms with van der Waals surface area (Å²) in [7, 11) is 0. The number of carbonyl (C=O) groups is 3. The van der Waals surface area contributed by atoms with Crippen LogP contribution in [0.3, 0.4) is 0 Å². The molecule has 144 valence electrons. The SMILES string of the molecule is CCCCCOc1ccc(C(=O)CCC(=O)OCC(=O)c2ccc[nH]2)cc1. The molecule has 0 unspecified atom stereocenters. The Kier molecular flexibility index (Phi) is 8.29. The number of aromatic amines is 1. The maximum Gasteiger partial charge on any atom is 0.306 e.